The van der Waals surface area contributed by atoms with Crippen LogP contribution in [0, 0.1) is 0 Å². The molecule has 0 fully saturated rings. The molecule has 1 aromatic heterocycles. The molecule has 0 aliphatic carbocycles. The molecule has 4 heteroatoms. The van der Waals surface area contributed by atoms with Gasteiger partial charge in [0.25, 0.3) is 0 Å². The Balaban J connectivity index is 0.000000408. The summed E-state index contributed by atoms with van der Waals surface area (Å²) in [6.07, 6.45) is 1.82. The Hall–Kier alpha value is -2.33. The number of pyridine rings is 1. The number of nitrogens with zero attached hydrogens (tertiary/aromatic N) is 1. The van der Waals surface area contributed by atoms with Crippen LogP contribution < -0.4 is 0 Å². The minimum atomic E-state index is -0.750. The second-order valence-electron chi connectivity index (χ2n) is 3.84. The summed E-state index contributed by atoms with van der Waals surface area (Å²) in [6, 6.07) is 20.8. The summed E-state index contributed by atoms with van der Waals surface area (Å²) < 4.78 is 16.6. The van der Waals surface area contributed by atoms with E-state index < -0.39 is 11.6 Å². The largest absolute Gasteiger partial charge is 0.335 e. The fourth-order valence-electron chi connectivity index (χ4n) is 1.89. The van der Waals surface area contributed by atoms with Crippen LogP contribution in [0.4, 0.5) is 0 Å². The zero-order chi connectivity index (χ0) is 13.5. The van der Waals surface area contributed by atoms with E-state index in [0.29, 0.717) is 0 Å². The van der Waals surface area contributed by atoms with Crippen LogP contribution >= 0.6 is 0 Å². The maximum absolute atomic E-state index is 8.29. The Morgan fingerprint density at radius 3 is 2.26 bits per heavy atom. The van der Waals surface area contributed by atoms with E-state index in [-0.39, 0.29) is 0 Å². The molecule has 0 radical (unpaired) electrons. The van der Waals surface area contributed by atoms with Crippen molar-refractivity contribution < 1.29 is 8.42 Å². The molecule has 2 aromatic carbocycles. The molecule has 3 aromatic rings. The number of rotatable bonds is 1. The average Bonchev–Trinajstić information content (AvgIpc) is 2.48. The van der Waals surface area contributed by atoms with Crippen LogP contribution in [0.25, 0.3) is 22.0 Å². The van der Waals surface area contributed by atoms with E-state index >= 15 is 0 Å². The van der Waals surface area contributed by atoms with Crippen molar-refractivity contribution in [1.29, 1.82) is 0 Å². The lowest BCUT2D eigenvalue weighted by Crippen LogP contribution is -1.80. The summed E-state index contributed by atoms with van der Waals surface area (Å²) in [6.45, 7) is 0. The molecule has 3 nitrogen and oxygen atoms in total. The number of aromatic nitrogens is 1. The molecule has 0 amide bonds. The van der Waals surface area contributed by atoms with Crippen molar-refractivity contribution in [1.82, 2.24) is 4.98 Å². The Labute approximate surface area is 114 Å². The molecule has 0 saturated heterocycles. The summed E-state index contributed by atoms with van der Waals surface area (Å²) in [4.78, 5) is 4.32. The van der Waals surface area contributed by atoms with Crippen LogP contribution in [0.2, 0.25) is 0 Å². The fraction of sp³-hybridized carbons (Fsp3) is 0. The first-order valence-corrected chi connectivity index (χ1v) is 6.34. The summed E-state index contributed by atoms with van der Waals surface area (Å²) >= 11 is -0.750. The molecule has 0 bridgehead atoms. The molecular formula is C15H11NO2S. The monoisotopic (exact) mass is 269 g/mol. The van der Waals surface area contributed by atoms with Gasteiger partial charge in [0.2, 0.25) is 0 Å². The van der Waals surface area contributed by atoms with Gasteiger partial charge in [0.1, 0.15) is 0 Å². The van der Waals surface area contributed by atoms with Gasteiger partial charge in [-0.2, -0.15) is 8.42 Å². The van der Waals surface area contributed by atoms with E-state index in [1.54, 1.807) is 0 Å². The van der Waals surface area contributed by atoms with Gasteiger partial charge < -0.3 is 0 Å². The zero-order valence-electron chi connectivity index (χ0n) is 10.0. The molecule has 1 heterocycles. The van der Waals surface area contributed by atoms with Crippen molar-refractivity contribution >= 4 is 22.5 Å². The van der Waals surface area contributed by atoms with Gasteiger partial charge in [-0.1, -0.05) is 42.5 Å². The smallest absolute Gasteiger partial charge is 0.256 e. The van der Waals surface area contributed by atoms with Gasteiger partial charge in [0.05, 0.1) is 5.52 Å². The SMILES string of the molecule is O=S=O.c1ccc(-c2ccc3ncccc3c2)cc1. The second-order valence-corrected chi connectivity index (χ2v) is 3.98. The van der Waals surface area contributed by atoms with Gasteiger partial charge in [-0.15, -0.1) is 0 Å². The number of fused-ring (bicyclic) bond motifs is 1. The number of benzene rings is 2. The van der Waals surface area contributed by atoms with Crippen molar-refractivity contribution in [3.05, 3.63) is 66.9 Å². The van der Waals surface area contributed by atoms with Gasteiger partial charge in [0.15, 0.2) is 0 Å². The standard InChI is InChI=1S/C15H11N.O2S/c1-2-5-12(6-3-1)13-8-9-15-14(11-13)7-4-10-16-15;1-3-2/h1-11H;. The maximum Gasteiger partial charge on any atom is 0.335 e. The summed E-state index contributed by atoms with van der Waals surface area (Å²) in [5.74, 6) is 0. The van der Waals surface area contributed by atoms with E-state index in [2.05, 4.69) is 53.5 Å². The lowest BCUT2D eigenvalue weighted by atomic mass is 10.0. The topological polar surface area (TPSA) is 47.0 Å². The quantitative estimate of drug-likeness (QED) is 0.681. The van der Waals surface area contributed by atoms with Gasteiger partial charge in [-0.3, -0.25) is 4.98 Å². The number of hydrogen-bond acceptors (Lipinski definition) is 3. The van der Waals surface area contributed by atoms with Crippen LogP contribution in [-0.2, 0) is 11.6 Å². The van der Waals surface area contributed by atoms with Crippen LogP contribution in [-0.4, -0.2) is 13.4 Å². The minimum absolute atomic E-state index is 0.750. The highest BCUT2D eigenvalue weighted by Crippen LogP contribution is 2.22. The first-order valence-electron chi connectivity index (χ1n) is 5.67. The molecule has 19 heavy (non-hydrogen) atoms. The molecule has 0 aliphatic heterocycles. The highest BCUT2D eigenvalue weighted by atomic mass is 32.1. The third-order valence-corrected chi connectivity index (χ3v) is 2.71. The highest BCUT2D eigenvalue weighted by molar-refractivity contribution is 7.51. The van der Waals surface area contributed by atoms with Crippen LogP contribution in [0.1, 0.15) is 0 Å². The van der Waals surface area contributed by atoms with E-state index in [1.165, 1.54) is 16.5 Å². The van der Waals surface area contributed by atoms with Crippen LogP contribution in [0.3, 0.4) is 0 Å². The first kappa shape index (κ1) is 13.1. The number of hydrogen-bond donors (Lipinski definition) is 0. The molecule has 94 valence electrons. The molecular weight excluding hydrogens is 258 g/mol. The summed E-state index contributed by atoms with van der Waals surface area (Å²) in [5.41, 5.74) is 3.52. The second kappa shape index (κ2) is 6.56. The Kier molecular flexibility index (Phi) is 4.53. The van der Waals surface area contributed by atoms with Gasteiger partial charge in [-0.05, 0) is 29.3 Å². The summed E-state index contributed by atoms with van der Waals surface area (Å²) in [7, 11) is 0. The molecule has 0 atom stereocenters. The summed E-state index contributed by atoms with van der Waals surface area (Å²) in [5, 5.41) is 1.18. The zero-order valence-corrected chi connectivity index (χ0v) is 10.8. The molecule has 0 spiro atoms. The van der Waals surface area contributed by atoms with E-state index in [1.807, 2.05) is 18.3 Å². The Morgan fingerprint density at radius 1 is 0.789 bits per heavy atom. The van der Waals surface area contributed by atoms with Crippen LogP contribution in [0.15, 0.2) is 66.9 Å². The molecule has 0 unspecified atom stereocenters. The minimum Gasteiger partial charge on any atom is -0.256 e. The first-order chi connectivity index (χ1) is 9.35. The lowest BCUT2D eigenvalue weighted by molar-refractivity contribution is 0.630. The van der Waals surface area contributed by atoms with E-state index in [4.69, 9.17) is 8.42 Å². The van der Waals surface area contributed by atoms with Crippen molar-refractivity contribution in [2.24, 2.45) is 0 Å². The van der Waals surface area contributed by atoms with Crippen molar-refractivity contribution in [2.45, 2.75) is 0 Å². The van der Waals surface area contributed by atoms with Gasteiger partial charge in [-0.25, -0.2) is 0 Å². The lowest BCUT2D eigenvalue weighted by Gasteiger charge is -2.02. The highest BCUT2D eigenvalue weighted by Gasteiger charge is 1.98. The predicted molar refractivity (Wildman–Crippen MR) is 76.1 cm³/mol. The Morgan fingerprint density at radius 2 is 1.53 bits per heavy atom. The molecule has 3 rings (SSSR count). The van der Waals surface area contributed by atoms with Gasteiger partial charge >= 0.3 is 11.6 Å². The third kappa shape index (κ3) is 3.33. The van der Waals surface area contributed by atoms with Crippen molar-refractivity contribution in [3.63, 3.8) is 0 Å². The third-order valence-electron chi connectivity index (χ3n) is 2.71. The molecule has 0 N–H and O–H groups in total. The maximum atomic E-state index is 8.29. The average molecular weight is 269 g/mol. The van der Waals surface area contributed by atoms with Crippen molar-refractivity contribution in [2.75, 3.05) is 0 Å². The fourth-order valence-corrected chi connectivity index (χ4v) is 1.89. The van der Waals surface area contributed by atoms with E-state index in [0.717, 1.165) is 5.52 Å². The predicted octanol–water partition coefficient (Wildman–Crippen LogP) is 3.23. The molecule has 0 aliphatic rings. The normalized spacial score (nSPS) is 9.47. The van der Waals surface area contributed by atoms with E-state index in [9.17, 15) is 0 Å². The van der Waals surface area contributed by atoms with Crippen molar-refractivity contribution in [3.8, 4) is 11.1 Å². The van der Waals surface area contributed by atoms with Crippen LogP contribution in [0.5, 0.6) is 0 Å². The molecule has 0 saturated carbocycles. The van der Waals surface area contributed by atoms with Gasteiger partial charge in [0, 0.05) is 11.6 Å². The Bertz CT molecular complexity index is 707.